The van der Waals surface area contributed by atoms with Crippen molar-refractivity contribution in [1.82, 2.24) is 0 Å². The molecule has 0 aromatic heterocycles. The molecule has 0 bridgehead atoms. The zero-order valence-electron chi connectivity index (χ0n) is 9.26. The van der Waals surface area contributed by atoms with Crippen molar-refractivity contribution < 1.29 is 4.92 Å². The molecule has 0 amide bonds. The average Bonchev–Trinajstić information content (AvgIpc) is 2.38. The number of hydrogen-bond acceptors (Lipinski definition) is 2. The summed E-state index contributed by atoms with van der Waals surface area (Å²) in [5.74, 6) is 5.90. The van der Waals surface area contributed by atoms with Gasteiger partial charge in [0.1, 0.15) is 0 Å². The first-order chi connectivity index (χ1) is 8.66. The lowest BCUT2D eigenvalue weighted by Gasteiger charge is -1.95. The van der Waals surface area contributed by atoms with Crippen LogP contribution in [-0.2, 0) is 0 Å². The van der Waals surface area contributed by atoms with Crippen LogP contribution in [0.15, 0.2) is 48.5 Å². The fourth-order valence-electron chi connectivity index (χ4n) is 1.40. The summed E-state index contributed by atoms with van der Waals surface area (Å²) in [4.78, 5) is 10.4. The molecule has 0 spiro atoms. The molecule has 2 rings (SSSR count). The van der Waals surface area contributed by atoms with Gasteiger partial charge in [0.25, 0.3) is 5.69 Å². The second-order valence-corrected chi connectivity index (χ2v) is 4.70. The number of rotatable bonds is 1. The highest BCUT2D eigenvalue weighted by Crippen LogP contribution is 2.21. The highest BCUT2D eigenvalue weighted by molar-refractivity contribution is 14.1. The van der Waals surface area contributed by atoms with Crippen molar-refractivity contribution in [3.8, 4) is 11.8 Å². The van der Waals surface area contributed by atoms with Crippen molar-refractivity contribution in [3.05, 3.63) is 73.3 Å². The number of nitro benzene ring substituents is 1. The summed E-state index contributed by atoms with van der Waals surface area (Å²) in [6, 6.07) is 14.5. The van der Waals surface area contributed by atoms with E-state index >= 15 is 0 Å². The van der Waals surface area contributed by atoms with Crippen LogP contribution < -0.4 is 0 Å². The Morgan fingerprint density at radius 3 is 2.33 bits per heavy atom. The molecule has 4 heteroatoms. The molecule has 0 aliphatic heterocycles. The molecule has 0 N–H and O–H groups in total. The van der Waals surface area contributed by atoms with Crippen molar-refractivity contribution in [2.45, 2.75) is 0 Å². The van der Waals surface area contributed by atoms with Gasteiger partial charge in [-0.1, -0.05) is 30.0 Å². The largest absolute Gasteiger partial charge is 0.283 e. The Hall–Kier alpha value is -1.87. The zero-order valence-corrected chi connectivity index (χ0v) is 11.4. The molecule has 0 radical (unpaired) electrons. The van der Waals surface area contributed by atoms with Gasteiger partial charge in [0, 0.05) is 17.2 Å². The van der Waals surface area contributed by atoms with Crippen molar-refractivity contribution >= 4 is 28.3 Å². The highest BCUT2D eigenvalue weighted by Gasteiger charge is 2.11. The van der Waals surface area contributed by atoms with Crippen LogP contribution >= 0.6 is 22.6 Å². The topological polar surface area (TPSA) is 43.1 Å². The Kier molecular flexibility index (Phi) is 3.95. The minimum absolute atomic E-state index is 0.0930. The van der Waals surface area contributed by atoms with Crippen molar-refractivity contribution in [2.24, 2.45) is 0 Å². The molecule has 2 aromatic rings. The van der Waals surface area contributed by atoms with Crippen molar-refractivity contribution in [3.63, 3.8) is 0 Å². The maximum absolute atomic E-state index is 10.8. The molecular formula is C14H8INO2. The van der Waals surface area contributed by atoms with Gasteiger partial charge in [-0.2, -0.15) is 0 Å². The summed E-state index contributed by atoms with van der Waals surface area (Å²) in [5, 5.41) is 10.8. The van der Waals surface area contributed by atoms with E-state index in [4.69, 9.17) is 0 Å². The van der Waals surface area contributed by atoms with Crippen LogP contribution in [0.5, 0.6) is 0 Å². The van der Waals surface area contributed by atoms with E-state index in [0.29, 0.717) is 9.13 Å². The molecule has 2 aromatic carbocycles. The van der Waals surface area contributed by atoms with E-state index in [-0.39, 0.29) is 5.69 Å². The van der Waals surface area contributed by atoms with Gasteiger partial charge in [-0.05, 0) is 46.9 Å². The third kappa shape index (κ3) is 3.08. The highest BCUT2D eigenvalue weighted by atomic mass is 127. The molecule has 88 valence electrons. The molecule has 3 nitrogen and oxygen atoms in total. The van der Waals surface area contributed by atoms with Gasteiger partial charge in [-0.25, -0.2) is 0 Å². The van der Waals surface area contributed by atoms with Crippen LogP contribution in [0, 0.1) is 25.5 Å². The Bertz CT molecular complexity index is 642. The molecule has 0 fully saturated rings. The van der Waals surface area contributed by atoms with Crippen molar-refractivity contribution in [2.75, 3.05) is 0 Å². The molecule has 0 heterocycles. The van der Waals surface area contributed by atoms with E-state index in [9.17, 15) is 10.1 Å². The SMILES string of the molecule is O=[N+]([O-])c1cc(C#Cc2ccccc2)ccc1I. The minimum Gasteiger partial charge on any atom is -0.258 e. The van der Waals surface area contributed by atoms with Crippen LogP contribution in [0.3, 0.4) is 0 Å². The normalized spacial score (nSPS) is 9.39. The summed E-state index contributed by atoms with van der Waals surface area (Å²) in [6.07, 6.45) is 0. The van der Waals surface area contributed by atoms with Gasteiger partial charge in [0.05, 0.1) is 8.49 Å². The third-order valence-corrected chi connectivity index (χ3v) is 3.18. The second kappa shape index (κ2) is 5.65. The van der Waals surface area contributed by atoms with Crippen LogP contribution in [0.4, 0.5) is 5.69 Å². The Morgan fingerprint density at radius 1 is 1.00 bits per heavy atom. The summed E-state index contributed by atoms with van der Waals surface area (Å²) < 4.78 is 0.614. The van der Waals surface area contributed by atoms with Gasteiger partial charge >= 0.3 is 0 Å². The van der Waals surface area contributed by atoms with Gasteiger partial charge in [-0.3, -0.25) is 10.1 Å². The average molecular weight is 349 g/mol. The third-order valence-electron chi connectivity index (χ3n) is 2.27. The van der Waals surface area contributed by atoms with E-state index < -0.39 is 4.92 Å². The molecule has 0 atom stereocenters. The maximum Gasteiger partial charge on any atom is 0.283 e. The number of halogens is 1. The fraction of sp³-hybridized carbons (Fsp3) is 0. The number of nitro groups is 1. The van der Waals surface area contributed by atoms with E-state index in [1.54, 1.807) is 12.1 Å². The maximum atomic E-state index is 10.8. The lowest BCUT2D eigenvalue weighted by atomic mass is 10.1. The van der Waals surface area contributed by atoms with Crippen molar-refractivity contribution in [1.29, 1.82) is 0 Å². The number of benzene rings is 2. The monoisotopic (exact) mass is 349 g/mol. The Balaban J connectivity index is 2.34. The van der Waals surface area contributed by atoms with Crippen LogP contribution in [0.25, 0.3) is 0 Å². The standard InChI is InChI=1S/C14H8INO2/c15-13-9-8-12(10-14(13)16(17)18)7-6-11-4-2-1-3-5-11/h1-5,8-10H. The van der Waals surface area contributed by atoms with Crippen LogP contribution in [0.1, 0.15) is 11.1 Å². The van der Waals surface area contributed by atoms with Gasteiger partial charge in [0.15, 0.2) is 0 Å². The molecule has 18 heavy (non-hydrogen) atoms. The smallest absolute Gasteiger partial charge is 0.258 e. The summed E-state index contributed by atoms with van der Waals surface area (Å²) in [6.45, 7) is 0. The first-order valence-corrected chi connectivity index (χ1v) is 6.26. The fourth-order valence-corrected chi connectivity index (χ4v) is 1.93. The summed E-state index contributed by atoms with van der Waals surface area (Å²) >= 11 is 1.94. The molecule has 0 saturated heterocycles. The number of hydrogen-bond donors (Lipinski definition) is 0. The van der Waals surface area contributed by atoms with E-state index in [1.165, 1.54) is 6.07 Å². The summed E-state index contributed by atoms with van der Waals surface area (Å²) in [5.41, 5.74) is 1.63. The quantitative estimate of drug-likeness (QED) is 0.342. The zero-order chi connectivity index (χ0) is 13.0. The number of nitrogens with zero attached hydrogens (tertiary/aromatic N) is 1. The molecule has 0 aliphatic carbocycles. The van der Waals surface area contributed by atoms with Gasteiger partial charge < -0.3 is 0 Å². The predicted molar refractivity (Wildman–Crippen MR) is 78.2 cm³/mol. The first kappa shape index (κ1) is 12.6. The Labute approximate surface area is 118 Å². The molecular weight excluding hydrogens is 341 g/mol. The minimum atomic E-state index is -0.393. The lowest BCUT2D eigenvalue weighted by Crippen LogP contribution is -1.92. The molecule has 0 aliphatic rings. The van der Waals surface area contributed by atoms with Crippen LogP contribution in [0.2, 0.25) is 0 Å². The van der Waals surface area contributed by atoms with Gasteiger partial charge in [-0.15, -0.1) is 0 Å². The predicted octanol–water partition coefficient (Wildman–Crippen LogP) is 3.60. The first-order valence-electron chi connectivity index (χ1n) is 5.18. The molecule has 0 unspecified atom stereocenters. The van der Waals surface area contributed by atoms with Gasteiger partial charge in [0.2, 0.25) is 0 Å². The lowest BCUT2D eigenvalue weighted by molar-refractivity contribution is -0.385. The van der Waals surface area contributed by atoms with E-state index in [2.05, 4.69) is 11.8 Å². The summed E-state index contributed by atoms with van der Waals surface area (Å²) in [7, 11) is 0. The molecule has 0 saturated carbocycles. The van der Waals surface area contributed by atoms with E-state index in [1.807, 2.05) is 52.9 Å². The van der Waals surface area contributed by atoms with Crippen LogP contribution in [-0.4, -0.2) is 4.92 Å². The second-order valence-electron chi connectivity index (χ2n) is 3.54. The Morgan fingerprint density at radius 2 is 1.67 bits per heavy atom. The van der Waals surface area contributed by atoms with E-state index in [0.717, 1.165) is 5.56 Å².